The maximum atomic E-state index is 13.2. The van der Waals surface area contributed by atoms with Crippen molar-refractivity contribution >= 4 is 17.5 Å². The number of rotatable bonds is 6. The van der Waals surface area contributed by atoms with E-state index in [0.717, 1.165) is 41.8 Å². The summed E-state index contributed by atoms with van der Waals surface area (Å²) in [6, 6.07) is 13.0. The average Bonchev–Trinajstić information content (AvgIpc) is 2.89. The van der Waals surface area contributed by atoms with Crippen molar-refractivity contribution in [1.82, 2.24) is 14.9 Å². The number of anilines is 1. The zero-order valence-corrected chi connectivity index (χ0v) is 21.1. The summed E-state index contributed by atoms with van der Waals surface area (Å²) in [7, 11) is 0. The van der Waals surface area contributed by atoms with Crippen LogP contribution in [-0.4, -0.2) is 39.8 Å². The summed E-state index contributed by atoms with van der Waals surface area (Å²) in [5, 5.41) is 2.95. The van der Waals surface area contributed by atoms with Crippen LogP contribution in [-0.2, 0) is 6.42 Å². The number of carbonyl (C=O) groups is 2. The molecular weight excluding hydrogens is 448 g/mol. The number of hydrogen-bond donors (Lipinski definition) is 1. The maximum absolute atomic E-state index is 13.2. The van der Waals surface area contributed by atoms with E-state index in [9.17, 15) is 9.59 Å². The second kappa shape index (κ2) is 11.2. The molecule has 2 amide bonds. The quantitative estimate of drug-likeness (QED) is 0.490. The van der Waals surface area contributed by atoms with Gasteiger partial charge in [0.2, 0.25) is 0 Å². The van der Waals surface area contributed by atoms with Gasteiger partial charge in [-0.3, -0.25) is 19.6 Å². The number of pyridine rings is 2. The van der Waals surface area contributed by atoms with Crippen LogP contribution in [0.4, 0.5) is 5.69 Å². The summed E-state index contributed by atoms with van der Waals surface area (Å²) < 4.78 is 0. The molecule has 1 N–H and O–H groups in total. The smallest absolute Gasteiger partial charge is 0.257 e. The van der Waals surface area contributed by atoms with Crippen molar-refractivity contribution in [2.75, 3.05) is 18.4 Å². The summed E-state index contributed by atoms with van der Waals surface area (Å²) in [6.07, 6.45) is 11.3. The maximum Gasteiger partial charge on any atom is 0.257 e. The SMILES string of the molecule is C#Cc1ccc(C2CCN(C(=O)c3ccc(C)c(NC(=O)c4ccc(CC(C)C)nc4)c3)CC2)nc1. The van der Waals surface area contributed by atoms with Crippen LogP contribution < -0.4 is 5.32 Å². The Morgan fingerprint density at radius 1 is 1.06 bits per heavy atom. The average molecular weight is 481 g/mol. The number of hydrogen-bond acceptors (Lipinski definition) is 4. The molecule has 1 fully saturated rings. The standard InChI is InChI=1S/C30H32N4O2/c1-5-22-7-11-27(32-18-22)23-12-14-34(15-13-23)30(36)24-8-6-21(4)28(17-24)33-29(35)25-9-10-26(31-19-25)16-20(2)3/h1,6-11,17-20,23H,12-16H2,2-4H3,(H,33,35). The Bertz CT molecular complexity index is 1270. The van der Waals surface area contributed by atoms with Crippen LogP contribution in [0.3, 0.4) is 0 Å². The minimum absolute atomic E-state index is 0.0284. The van der Waals surface area contributed by atoms with Crippen molar-refractivity contribution in [3.8, 4) is 12.3 Å². The van der Waals surface area contributed by atoms with E-state index in [2.05, 4.69) is 35.1 Å². The Morgan fingerprint density at radius 3 is 2.42 bits per heavy atom. The predicted octanol–water partition coefficient (Wildman–Crippen LogP) is 5.24. The molecule has 2 aromatic heterocycles. The van der Waals surface area contributed by atoms with Crippen molar-refractivity contribution < 1.29 is 9.59 Å². The summed E-state index contributed by atoms with van der Waals surface area (Å²) >= 11 is 0. The monoisotopic (exact) mass is 480 g/mol. The number of benzene rings is 1. The number of nitrogens with zero attached hydrogens (tertiary/aromatic N) is 3. The molecule has 0 atom stereocenters. The molecule has 1 aliphatic heterocycles. The first-order valence-corrected chi connectivity index (χ1v) is 12.4. The Morgan fingerprint density at radius 2 is 1.81 bits per heavy atom. The van der Waals surface area contributed by atoms with Gasteiger partial charge in [0.05, 0.1) is 5.56 Å². The van der Waals surface area contributed by atoms with Gasteiger partial charge in [-0.15, -0.1) is 6.42 Å². The van der Waals surface area contributed by atoms with Crippen molar-refractivity contribution in [2.45, 2.75) is 46.0 Å². The molecule has 4 rings (SSSR count). The fourth-order valence-corrected chi connectivity index (χ4v) is 4.48. The minimum atomic E-state index is -0.240. The lowest BCUT2D eigenvalue weighted by Crippen LogP contribution is -2.38. The van der Waals surface area contributed by atoms with Crippen LogP contribution >= 0.6 is 0 Å². The highest BCUT2D eigenvalue weighted by atomic mass is 16.2. The van der Waals surface area contributed by atoms with Gasteiger partial charge in [-0.05, 0) is 74.1 Å². The van der Waals surface area contributed by atoms with Crippen molar-refractivity contribution in [3.05, 3.63) is 88.5 Å². The predicted molar refractivity (Wildman–Crippen MR) is 142 cm³/mol. The van der Waals surface area contributed by atoms with Crippen LogP contribution in [0.5, 0.6) is 0 Å². The van der Waals surface area contributed by atoms with E-state index in [-0.39, 0.29) is 11.8 Å². The topological polar surface area (TPSA) is 75.2 Å². The normalized spacial score (nSPS) is 13.9. The summed E-state index contributed by atoms with van der Waals surface area (Å²) in [5.41, 5.74) is 5.34. The Kier molecular flexibility index (Phi) is 7.80. The van der Waals surface area contributed by atoms with E-state index in [1.807, 2.05) is 42.2 Å². The molecule has 1 aliphatic rings. The van der Waals surface area contributed by atoms with Crippen LogP contribution in [0.15, 0.2) is 54.9 Å². The molecule has 3 aromatic rings. The van der Waals surface area contributed by atoms with Gasteiger partial charge in [-0.1, -0.05) is 25.8 Å². The molecule has 184 valence electrons. The molecule has 1 saturated heterocycles. The third kappa shape index (κ3) is 5.98. The Hall–Kier alpha value is -3.98. The number of likely N-dealkylation sites (tertiary alicyclic amines) is 1. The molecule has 1 aromatic carbocycles. The van der Waals surface area contributed by atoms with Crippen molar-refractivity contribution in [1.29, 1.82) is 0 Å². The molecule has 36 heavy (non-hydrogen) atoms. The van der Waals surface area contributed by atoms with Crippen LogP contribution in [0.2, 0.25) is 0 Å². The van der Waals surface area contributed by atoms with E-state index >= 15 is 0 Å². The van der Waals surface area contributed by atoms with Crippen LogP contribution in [0, 0.1) is 25.2 Å². The number of aryl methyl sites for hydroxylation is 1. The van der Waals surface area contributed by atoms with E-state index in [0.29, 0.717) is 41.7 Å². The van der Waals surface area contributed by atoms with Crippen molar-refractivity contribution in [2.24, 2.45) is 5.92 Å². The lowest BCUT2D eigenvalue weighted by molar-refractivity contribution is 0.0712. The molecule has 0 bridgehead atoms. The highest BCUT2D eigenvalue weighted by molar-refractivity contribution is 6.05. The van der Waals surface area contributed by atoms with Gasteiger partial charge in [0, 0.05) is 59.6 Å². The van der Waals surface area contributed by atoms with Gasteiger partial charge >= 0.3 is 0 Å². The van der Waals surface area contributed by atoms with Gasteiger partial charge in [-0.25, -0.2) is 0 Å². The van der Waals surface area contributed by atoms with E-state index < -0.39 is 0 Å². The summed E-state index contributed by atoms with van der Waals surface area (Å²) in [5.74, 6) is 3.14. The molecule has 0 saturated carbocycles. The molecular formula is C30H32N4O2. The van der Waals surface area contributed by atoms with Crippen molar-refractivity contribution in [3.63, 3.8) is 0 Å². The van der Waals surface area contributed by atoms with E-state index in [1.165, 1.54) is 0 Å². The molecule has 6 heteroatoms. The minimum Gasteiger partial charge on any atom is -0.339 e. The molecule has 0 aliphatic carbocycles. The fraction of sp³-hybridized carbons (Fsp3) is 0.333. The van der Waals surface area contributed by atoms with Crippen LogP contribution in [0.1, 0.15) is 75.8 Å². The summed E-state index contributed by atoms with van der Waals surface area (Å²) in [6.45, 7) is 7.51. The Balaban J connectivity index is 1.39. The second-order valence-corrected chi connectivity index (χ2v) is 9.80. The first-order chi connectivity index (χ1) is 17.3. The summed E-state index contributed by atoms with van der Waals surface area (Å²) in [4.78, 5) is 36.9. The van der Waals surface area contributed by atoms with Gasteiger partial charge in [0.1, 0.15) is 0 Å². The number of amides is 2. The number of nitrogens with one attached hydrogen (secondary N) is 1. The number of terminal acetylenes is 1. The van der Waals surface area contributed by atoms with Gasteiger partial charge < -0.3 is 10.2 Å². The first-order valence-electron chi connectivity index (χ1n) is 12.4. The number of aromatic nitrogens is 2. The Labute approximate surface area is 213 Å². The van der Waals surface area contributed by atoms with Gasteiger partial charge in [-0.2, -0.15) is 0 Å². The zero-order valence-electron chi connectivity index (χ0n) is 21.1. The third-order valence-corrected chi connectivity index (χ3v) is 6.59. The van der Waals surface area contributed by atoms with E-state index in [4.69, 9.17) is 6.42 Å². The van der Waals surface area contributed by atoms with Gasteiger partial charge in [0.25, 0.3) is 11.8 Å². The second-order valence-electron chi connectivity index (χ2n) is 9.80. The molecule has 3 heterocycles. The molecule has 0 spiro atoms. The number of carbonyl (C=O) groups excluding carboxylic acids is 2. The largest absolute Gasteiger partial charge is 0.339 e. The fourth-order valence-electron chi connectivity index (χ4n) is 4.48. The third-order valence-electron chi connectivity index (χ3n) is 6.59. The molecule has 0 unspecified atom stereocenters. The highest BCUT2D eigenvalue weighted by Gasteiger charge is 2.25. The van der Waals surface area contributed by atoms with Crippen LogP contribution in [0.25, 0.3) is 0 Å². The van der Waals surface area contributed by atoms with Gasteiger partial charge in [0.15, 0.2) is 0 Å². The highest BCUT2D eigenvalue weighted by Crippen LogP contribution is 2.28. The first kappa shape index (κ1) is 25.1. The number of piperidine rings is 1. The lowest BCUT2D eigenvalue weighted by atomic mass is 9.92. The van der Waals surface area contributed by atoms with E-state index in [1.54, 1.807) is 24.5 Å². The molecule has 6 nitrogen and oxygen atoms in total. The molecule has 0 radical (unpaired) electrons. The zero-order chi connectivity index (χ0) is 25.7. The lowest BCUT2D eigenvalue weighted by Gasteiger charge is -2.32.